The average molecular weight is 246 g/mol. The van der Waals surface area contributed by atoms with Gasteiger partial charge in [-0.05, 0) is 31.5 Å². The zero-order chi connectivity index (χ0) is 12.9. The minimum Gasteiger partial charge on any atom is -0.493 e. The van der Waals surface area contributed by atoms with E-state index in [1.54, 1.807) is 26.0 Å². The second-order valence-corrected chi connectivity index (χ2v) is 5.10. The average Bonchev–Trinajstić information content (AvgIpc) is 2.70. The van der Waals surface area contributed by atoms with Gasteiger partial charge in [-0.1, -0.05) is 0 Å². The number of aliphatic hydroxyl groups is 1. The molecule has 1 aromatic carbocycles. The van der Waals surface area contributed by atoms with Crippen LogP contribution in [0.1, 0.15) is 25.0 Å². The van der Waals surface area contributed by atoms with Gasteiger partial charge in [0.05, 0.1) is 17.8 Å². The summed E-state index contributed by atoms with van der Waals surface area (Å²) in [6.07, 6.45) is 0.863. The third kappa shape index (κ3) is 1.69. The Hall–Kier alpha value is -1.81. The molecule has 4 heteroatoms. The van der Waals surface area contributed by atoms with E-state index >= 15 is 0 Å². The van der Waals surface area contributed by atoms with Crippen molar-refractivity contribution in [3.05, 3.63) is 39.7 Å². The maximum atomic E-state index is 11.8. The molecule has 0 unspecified atom stereocenters. The molecule has 0 aliphatic carbocycles. The fourth-order valence-electron chi connectivity index (χ4n) is 2.22. The number of hydrogen-bond acceptors (Lipinski definition) is 4. The van der Waals surface area contributed by atoms with E-state index in [0.29, 0.717) is 12.2 Å². The summed E-state index contributed by atoms with van der Waals surface area (Å²) in [7, 11) is 0. The number of fused-ring (bicyclic) bond motifs is 2. The van der Waals surface area contributed by atoms with Crippen LogP contribution in [0.4, 0.5) is 0 Å². The zero-order valence-corrected chi connectivity index (χ0v) is 10.3. The van der Waals surface area contributed by atoms with E-state index in [9.17, 15) is 9.90 Å². The van der Waals surface area contributed by atoms with Crippen molar-refractivity contribution in [2.24, 2.45) is 0 Å². The van der Waals surface area contributed by atoms with E-state index in [0.717, 1.165) is 23.1 Å². The molecule has 0 saturated carbocycles. The Morgan fingerprint density at radius 2 is 2.06 bits per heavy atom. The highest BCUT2D eigenvalue weighted by molar-refractivity contribution is 5.80. The summed E-state index contributed by atoms with van der Waals surface area (Å²) in [4.78, 5) is 11.8. The molecule has 4 nitrogen and oxygen atoms in total. The third-order valence-electron chi connectivity index (χ3n) is 3.20. The van der Waals surface area contributed by atoms with Crippen molar-refractivity contribution < 1.29 is 14.3 Å². The van der Waals surface area contributed by atoms with Crippen molar-refractivity contribution in [1.29, 1.82) is 0 Å². The van der Waals surface area contributed by atoms with Crippen molar-refractivity contribution in [2.75, 3.05) is 6.61 Å². The van der Waals surface area contributed by atoms with Crippen molar-refractivity contribution >= 4 is 11.0 Å². The van der Waals surface area contributed by atoms with Crippen LogP contribution in [-0.2, 0) is 12.0 Å². The first-order chi connectivity index (χ1) is 8.45. The van der Waals surface area contributed by atoms with Gasteiger partial charge in [-0.2, -0.15) is 0 Å². The van der Waals surface area contributed by atoms with E-state index in [1.165, 1.54) is 0 Å². The van der Waals surface area contributed by atoms with Crippen LogP contribution in [0.3, 0.4) is 0 Å². The highest BCUT2D eigenvalue weighted by atomic mass is 16.5. The number of rotatable bonds is 1. The minimum atomic E-state index is -1.20. The molecule has 1 aliphatic rings. The largest absolute Gasteiger partial charge is 0.493 e. The van der Waals surface area contributed by atoms with Gasteiger partial charge in [-0.25, -0.2) is 4.79 Å². The maximum absolute atomic E-state index is 11.8. The van der Waals surface area contributed by atoms with Crippen LogP contribution >= 0.6 is 0 Å². The lowest BCUT2D eigenvalue weighted by Gasteiger charge is -2.16. The van der Waals surface area contributed by atoms with Crippen LogP contribution in [0.5, 0.6) is 5.75 Å². The van der Waals surface area contributed by atoms with Crippen LogP contribution in [-0.4, -0.2) is 11.7 Å². The van der Waals surface area contributed by atoms with Gasteiger partial charge in [-0.15, -0.1) is 0 Å². The van der Waals surface area contributed by atoms with Crippen LogP contribution in [0.25, 0.3) is 11.0 Å². The van der Waals surface area contributed by atoms with Crippen molar-refractivity contribution in [3.63, 3.8) is 0 Å². The first-order valence-electron chi connectivity index (χ1n) is 5.91. The monoisotopic (exact) mass is 246 g/mol. The van der Waals surface area contributed by atoms with E-state index in [-0.39, 0.29) is 5.56 Å². The van der Waals surface area contributed by atoms with Gasteiger partial charge >= 0.3 is 5.63 Å². The Labute approximate surface area is 104 Å². The number of ether oxygens (including phenoxy) is 1. The van der Waals surface area contributed by atoms with Gasteiger partial charge < -0.3 is 14.3 Å². The molecule has 0 radical (unpaired) electrons. The Morgan fingerprint density at radius 1 is 1.28 bits per heavy atom. The van der Waals surface area contributed by atoms with Crippen molar-refractivity contribution in [3.8, 4) is 5.75 Å². The lowest BCUT2D eigenvalue weighted by Crippen LogP contribution is -2.24. The highest BCUT2D eigenvalue weighted by Gasteiger charge is 2.23. The van der Waals surface area contributed by atoms with Crippen LogP contribution in [0.2, 0.25) is 0 Å². The molecule has 94 valence electrons. The zero-order valence-electron chi connectivity index (χ0n) is 10.3. The molecule has 0 spiro atoms. The Bertz CT molecular complexity index is 676. The van der Waals surface area contributed by atoms with Gasteiger partial charge in [0.1, 0.15) is 11.3 Å². The Balaban J connectivity index is 2.30. The van der Waals surface area contributed by atoms with Crippen LogP contribution < -0.4 is 10.4 Å². The Morgan fingerprint density at radius 3 is 2.78 bits per heavy atom. The fraction of sp³-hybridized carbons (Fsp3) is 0.357. The summed E-state index contributed by atoms with van der Waals surface area (Å²) in [5.41, 5.74) is 0.165. The van der Waals surface area contributed by atoms with Crippen molar-refractivity contribution in [1.82, 2.24) is 0 Å². The molecule has 1 N–H and O–H groups in total. The summed E-state index contributed by atoms with van der Waals surface area (Å²) >= 11 is 0. The Kier molecular flexibility index (Phi) is 2.25. The van der Waals surface area contributed by atoms with E-state index in [1.807, 2.05) is 6.07 Å². The van der Waals surface area contributed by atoms with Crippen LogP contribution in [0.15, 0.2) is 27.4 Å². The second-order valence-electron chi connectivity index (χ2n) is 5.10. The fourth-order valence-corrected chi connectivity index (χ4v) is 2.22. The minimum absolute atomic E-state index is 0.272. The summed E-state index contributed by atoms with van der Waals surface area (Å²) in [5.74, 6) is 0.779. The summed E-state index contributed by atoms with van der Waals surface area (Å²) in [5, 5.41) is 10.8. The normalized spacial score (nSPS) is 14.6. The molecule has 0 atom stereocenters. The standard InChI is InChI=1S/C14H14O4/c1-14(2,16)10-6-9-5-8-3-4-17-11(8)7-12(9)18-13(10)15/h5-7,16H,3-4H2,1-2H3. The van der Waals surface area contributed by atoms with Gasteiger partial charge in [0.2, 0.25) is 0 Å². The lowest BCUT2D eigenvalue weighted by atomic mass is 9.98. The third-order valence-corrected chi connectivity index (χ3v) is 3.20. The predicted octanol–water partition coefficient (Wildman–Crippen LogP) is 1.96. The first-order valence-corrected chi connectivity index (χ1v) is 5.91. The highest BCUT2D eigenvalue weighted by Crippen LogP contribution is 2.31. The summed E-state index contributed by atoms with van der Waals surface area (Å²) in [6.45, 7) is 3.80. The van der Waals surface area contributed by atoms with E-state index < -0.39 is 11.2 Å². The molecule has 1 aliphatic heterocycles. The maximum Gasteiger partial charge on any atom is 0.342 e. The molecule has 0 bridgehead atoms. The molecule has 0 amide bonds. The summed E-state index contributed by atoms with van der Waals surface area (Å²) < 4.78 is 10.7. The van der Waals surface area contributed by atoms with Gasteiger partial charge in [0.15, 0.2) is 0 Å². The predicted molar refractivity (Wildman–Crippen MR) is 66.9 cm³/mol. The molecule has 1 aromatic heterocycles. The SMILES string of the molecule is CC(C)(O)c1cc2cc3c(cc2oc1=O)OCC3. The molecular formula is C14H14O4. The van der Waals surface area contributed by atoms with Gasteiger partial charge in [0, 0.05) is 17.9 Å². The molecule has 18 heavy (non-hydrogen) atoms. The first kappa shape index (κ1) is 11.3. The molecule has 3 rings (SSSR count). The van der Waals surface area contributed by atoms with Crippen LogP contribution in [0, 0.1) is 0 Å². The lowest BCUT2D eigenvalue weighted by molar-refractivity contribution is 0.0751. The molecule has 0 saturated heterocycles. The summed E-state index contributed by atoms with van der Waals surface area (Å²) in [6, 6.07) is 5.39. The molecule has 2 heterocycles. The quantitative estimate of drug-likeness (QED) is 0.781. The number of benzene rings is 1. The van der Waals surface area contributed by atoms with Gasteiger partial charge in [-0.3, -0.25) is 0 Å². The second kappa shape index (κ2) is 3.59. The van der Waals surface area contributed by atoms with E-state index in [2.05, 4.69) is 0 Å². The molecule has 2 aromatic rings. The van der Waals surface area contributed by atoms with Crippen molar-refractivity contribution in [2.45, 2.75) is 25.9 Å². The van der Waals surface area contributed by atoms with Gasteiger partial charge in [0.25, 0.3) is 0 Å². The number of hydrogen-bond donors (Lipinski definition) is 1. The molecule has 0 fully saturated rings. The van der Waals surface area contributed by atoms with E-state index in [4.69, 9.17) is 9.15 Å². The molecular weight excluding hydrogens is 232 g/mol. The smallest absolute Gasteiger partial charge is 0.342 e. The topological polar surface area (TPSA) is 59.7 Å².